The van der Waals surface area contributed by atoms with E-state index in [0.29, 0.717) is 51.5 Å². The van der Waals surface area contributed by atoms with Gasteiger partial charge in [-0.15, -0.1) is 0 Å². The number of rotatable bonds is 7. The van der Waals surface area contributed by atoms with Crippen molar-refractivity contribution >= 4 is 0 Å². The molecule has 0 unspecified atom stereocenters. The summed E-state index contributed by atoms with van der Waals surface area (Å²) in [5.41, 5.74) is 1.37. The van der Waals surface area contributed by atoms with Gasteiger partial charge in [-0.2, -0.15) is 0 Å². The number of ether oxygens (including phenoxy) is 5. The Kier molecular flexibility index (Phi) is 5.40. The fourth-order valence-corrected chi connectivity index (χ4v) is 2.87. The second-order valence-electron chi connectivity index (χ2n) is 5.45. The number of hydrogen-bond donors (Lipinski definition) is 0. The maximum atomic E-state index is 5.99. The average molecular weight is 371 g/mol. The van der Waals surface area contributed by atoms with Crippen LogP contribution in [0.25, 0.3) is 22.8 Å². The van der Waals surface area contributed by atoms with Crippen LogP contribution in [0.1, 0.15) is 0 Å². The van der Waals surface area contributed by atoms with Crippen molar-refractivity contribution in [3.63, 3.8) is 0 Å². The molecule has 0 saturated carbocycles. The molecule has 0 aliphatic heterocycles. The van der Waals surface area contributed by atoms with Crippen LogP contribution in [0.3, 0.4) is 0 Å². The van der Waals surface area contributed by atoms with Crippen LogP contribution in [0.5, 0.6) is 28.7 Å². The highest BCUT2D eigenvalue weighted by molar-refractivity contribution is 5.75. The van der Waals surface area contributed by atoms with E-state index < -0.39 is 0 Å². The summed E-state index contributed by atoms with van der Waals surface area (Å²) in [6, 6.07) is 9.11. The zero-order valence-corrected chi connectivity index (χ0v) is 15.9. The third-order valence-corrected chi connectivity index (χ3v) is 4.11. The first-order chi connectivity index (χ1) is 13.2. The number of methoxy groups -OCH3 is 5. The number of para-hydroxylation sites is 1. The summed E-state index contributed by atoms with van der Waals surface area (Å²) in [5.74, 6) is 3.61. The van der Waals surface area contributed by atoms with E-state index in [9.17, 15) is 0 Å². The van der Waals surface area contributed by atoms with Crippen molar-refractivity contribution < 1.29 is 28.1 Å². The molecule has 2 aromatic carbocycles. The molecule has 0 aliphatic rings. The summed E-state index contributed by atoms with van der Waals surface area (Å²) in [6.07, 6.45) is 1.62. The van der Waals surface area contributed by atoms with E-state index in [-0.39, 0.29) is 0 Å². The second-order valence-corrected chi connectivity index (χ2v) is 5.45. The van der Waals surface area contributed by atoms with Gasteiger partial charge in [0.05, 0.1) is 52.9 Å². The van der Waals surface area contributed by atoms with Gasteiger partial charge in [0.15, 0.2) is 28.8 Å². The minimum atomic E-state index is 0.401. The molecule has 0 amide bonds. The number of nitrogens with zero attached hydrogens (tertiary/aromatic N) is 1. The molecular formula is C20H21NO6. The van der Waals surface area contributed by atoms with Gasteiger partial charge in [-0.1, -0.05) is 6.07 Å². The molecule has 3 rings (SSSR count). The molecule has 0 aliphatic carbocycles. The SMILES string of the molecule is COc1cccc(-c2ncc(-c3ccc(OC)c(OC)c3OC)o2)c1OC. The largest absolute Gasteiger partial charge is 0.493 e. The van der Waals surface area contributed by atoms with E-state index >= 15 is 0 Å². The van der Waals surface area contributed by atoms with Gasteiger partial charge >= 0.3 is 0 Å². The van der Waals surface area contributed by atoms with Crippen molar-refractivity contribution in [2.24, 2.45) is 0 Å². The van der Waals surface area contributed by atoms with E-state index in [1.807, 2.05) is 24.3 Å². The summed E-state index contributed by atoms with van der Waals surface area (Å²) in [4.78, 5) is 4.39. The molecule has 27 heavy (non-hydrogen) atoms. The first kappa shape index (κ1) is 18.4. The topological polar surface area (TPSA) is 72.2 Å². The molecule has 0 N–H and O–H groups in total. The van der Waals surface area contributed by atoms with Crippen LogP contribution in [0.4, 0.5) is 0 Å². The fourth-order valence-electron chi connectivity index (χ4n) is 2.87. The van der Waals surface area contributed by atoms with Crippen LogP contribution in [0.15, 0.2) is 40.9 Å². The predicted octanol–water partition coefficient (Wildman–Crippen LogP) is 4.05. The maximum Gasteiger partial charge on any atom is 0.230 e. The first-order valence-electron chi connectivity index (χ1n) is 8.15. The van der Waals surface area contributed by atoms with Crippen LogP contribution in [-0.4, -0.2) is 40.5 Å². The molecule has 0 atom stereocenters. The normalized spacial score (nSPS) is 10.4. The Bertz CT molecular complexity index is 934. The fraction of sp³-hybridized carbons (Fsp3) is 0.250. The van der Waals surface area contributed by atoms with Gasteiger partial charge in [0.25, 0.3) is 0 Å². The van der Waals surface area contributed by atoms with Crippen LogP contribution < -0.4 is 23.7 Å². The first-order valence-corrected chi connectivity index (χ1v) is 8.15. The van der Waals surface area contributed by atoms with Gasteiger partial charge in [0.2, 0.25) is 11.6 Å². The predicted molar refractivity (Wildman–Crippen MR) is 100 cm³/mol. The van der Waals surface area contributed by atoms with Crippen molar-refractivity contribution in [2.45, 2.75) is 0 Å². The lowest BCUT2D eigenvalue weighted by molar-refractivity contribution is 0.325. The quantitative estimate of drug-likeness (QED) is 0.620. The standard InChI is InChI=1S/C20H21NO6/c1-22-14-8-6-7-13(17(14)24-3)20-21-11-16(27-20)12-9-10-15(23-2)19(26-5)18(12)25-4/h6-11H,1-5H3. The zero-order valence-electron chi connectivity index (χ0n) is 15.9. The average Bonchev–Trinajstić information content (AvgIpc) is 3.21. The van der Waals surface area contributed by atoms with E-state index in [4.69, 9.17) is 28.1 Å². The Morgan fingerprint density at radius 1 is 0.667 bits per heavy atom. The van der Waals surface area contributed by atoms with Crippen LogP contribution in [0, 0.1) is 0 Å². The van der Waals surface area contributed by atoms with Crippen molar-refractivity contribution in [1.82, 2.24) is 4.98 Å². The molecule has 7 nitrogen and oxygen atoms in total. The van der Waals surface area contributed by atoms with Crippen molar-refractivity contribution in [2.75, 3.05) is 35.5 Å². The molecule has 142 valence electrons. The molecule has 3 aromatic rings. The Balaban J connectivity index is 2.10. The lowest BCUT2D eigenvalue weighted by Gasteiger charge is -2.14. The lowest BCUT2D eigenvalue weighted by atomic mass is 10.1. The minimum absolute atomic E-state index is 0.401. The number of hydrogen-bond acceptors (Lipinski definition) is 7. The zero-order chi connectivity index (χ0) is 19.4. The third kappa shape index (κ3) is 3.23. The smallest absolute Gasteiger partial charge is 0.230 e. The van der Waals surface area contributed by atoms with Gasteiger partial charge in [-0.05, 0) is 24.3 Å². The number of aromatic nitrogens is 1. The molecule has 0 fully saturated rings. The van der Waals surface area contributed by atoms with E-state index in [1.165, 1.54) is 0 Å². The molecule has 0 saturated heterocycles. The Morgan fingerprint density at radius 2 is 1.33 bits per heavy atom. The molecule has 7 heteroatoms. The summed E-state index contributed by atoms with van der Waals surface area (Å²) < 4.78 is 33.1. The van der Waals surface area contributed by atoms with Crippen molar-refractivity contribution in [3.8, 4) is 51.5 Å². The van der Waals surface area contributed by atoms with E-state index in [0.717, 1.165) is 0 Å². The number of oxazole rings is 1. The van der Waals surface area contributed by atoms with Crippen molar-refractivity contribution in [3.05, 3.63) is 36.5 Å². The van der Waals surface area contributed by atoms with Gasteiger partial charge in [-0.3, -0.25) is 0 Å². The molecule has 1 heterocycles. The minimum Gasteiger partial charge on any atom is -0.493 e. The Morgan fingerprint density at radius 3 is 1.96 bits per heavy atom. The van der Waals surface area contributed by atoms with Crippen LogP contribution in [-0.2, 0) is 0 Å². The van der Waals surface area contributed by atoms with E-state index in [1.54, 1.807) is 47.8 Å². The highest BCUT2D eigenvalue weighted by Gasteiger charge is 2.21. The molecule has 0 radical (unpaired) electrons. The maximum absolute atomic E-state index is 5.99. The van der Waals surface area contributed by atoms with Gasteiger partial charge in [0, 0.05) is 0 Å². The Labute approximate surface area is 157 Å². The number of benzene rings is 2. The third-order valence-electron chi connectivity index (χ3n) is 4.11. The highest BCUT2D eigenvalue weighted by Crippen LogP contribution is 2.45. The lowest BCUT2D eigenvalue weighted by Crippen LogP contribution is -1.96. The summed E-state index contributed by atoms with van der Waals surface area (Å²) in [5, 5.41) is 0. The molecular weight excluding hydrogens is 350 g/mol. The molecule has 1 aromatic heterocycles. The summed E-state index contributed by atoms with van der Waals surface area (Å²) >= 11 is 0. The van der Waals surface area contributed by atoms with Crippen molar-refractivity contribution in [1.29, 1.82) is 0 Å². The monoisotopic (exact) mass is 371 g/mol. The molecule has 0 bridgehead atoms. The summed E-state index contributed by atoms with van der Waals surface area (Å²) in [7, 11) is 7.83. The van der Waals surface area contributed by atoms with E-state index in [2.05, 4.69) is 4.98 Å². The highest BCUT2D eigenvalue weighted by atomic mass is 16.5. The molecule has 0 spiro atoms. The van der Waals surface area contributed by atoms with Gasteiger partial charge < -0.3 is 28.1 Å². The summed E-state index contributed by atoms with van der Waals surface area (Å²) in [6.45, 7) is 0. The van der Waals surface area contributed by atoms with Gasteiger partial charge in [-0.25, -0.2) is 4.98 Å². The van der Waals surface area contributed by atoms with Gasteiger partial charge in [0.1, 0.15) is 0 Å². The Hall–Kier alpha value is -3.35. The van der Waals surface area contributed by atoms with Crippen LogP contribution >= 0.6 is 0 Å². The second kappa shape index (κ2) is 7.90. The van der Waals surface area contributed by atoms with Crippen LogP contribution in [0.2, 0.25) is 0 Å².